The first-order chi connectivity index (χ1) is 8.79. The standard InChI is InChI=1S/C15H27NOS/c16-14(12-3-1-2-4-12)13-5-8-17-15(11-13)6-9-18-10-7-15/h12-14H,1-11,16H2. The number of hydrogen-bond acceptors (Lipinski definition) is 3. The molecule has 0 bridgehead atoms. The summed E-state index contributed by atoms with van der Waals surface area (Å²) < 4.78 is 6.18. The van der Waals surface area contributed by atoms with Crippen LogP contribution in [0.2, 0.25) is 0 Å². The van der Waals surface area contributed by atoms with Crippen LogP contribution in [-0.4, -0.2) is 29.8 Å². The maximum Gasteiger partial charge on any atom is 0.0701 e. The second kappa shape index (κ2) is 5.72. The van der Waals surface area contributed by atoms with Gasteiger partial charge in [0.05, 0.1) is 5.60 Å². The van der Waals surface area contributed by atoms with E-state index in [0.717, 1.165) is 18.4 Å². The van der Waals surface area contributed by atoms with Gasteiger partial charge >= 0.3 is 0 Å². The minimum absolute atomic E-state index is 0.213. The van der Waals surface area contributed by atoms with Crippen LogP contribution >= 0.6 is 11.8 Å². The van der Waals surface area contributed by atoms with E-state index in [0.29, 0.717) is 6.04 Å². The lowest BCUT2D eigenvalue weighted by Gasteiger charge is -2.45. The third kappa shape index (κ3) is 2.73. The van der Waals surface area contributed by atoms with Crippen molar-refractivity contribution in [2.75, 3.05) is 18.1 Å². The van der Waals surface area contributed by atoms with Gasteiger partial charge in [0.25, 0.3) is 0 Å². The van der Waals surface area contributed by atoms with Crippen molar-refractivity contribution in [3.63, 3.8) is 0 Å². The summed E-state index contributed by atoms with van der Waals surface area (Å²) in [5.41, 5.74) is 6.80. The van der Waals surface area contributed by atoms with Crippen LogP contribution in [0.5, 0.6) is 0 Å². The van der Waals surface area contributed by atoms with Gasteiger partial charge in [0.1, 0.15) is 0 Å². The fourth-order valence-electron chi connectivity index (χ4n) is 4.21. The Hall–Kier alpha value is 0.270. The lowest BCUT2D eigenvalue weighted by molar-refractivity contribution is -0.107. The Morgan fingerprint density at radius 3 is 2.50 bits per heavy atom. The highest BCUT2D eigenvalue weighted by molar-refractivity contribution is 7.99. The summed E-state index contributed by atoms with van der Waals surface area (Å²) in [6, 6.07) is 0.447. The average Bonchev–Trinajstić information content (AvgIpc) is 2.93. The molecular weight excluding hydrogens is 242 g/mol. The Morgan fingerprint density at radius 2 is 1.78 bits per heavy atom. The van der Waals surface area contributed by atoms with Crippen LogP contribution in [0.3, 0.4) is 0 Å². The Kier molecular flexibility index (Phi) is 4.21. The van der Waals surface area contributed by atoms with Gasteiger partial charge in [-0.15, -0.1) is 0 Å². The third-order valence-electron chi connectivity index (χ3n) is 5.42. The molecule has 2 saturated heterocycles. The molecule has 18 heavy (non-hydrogen) atoms. The number of nitrogens with two attached hydrogens (primary N) is 1. The van der Waals surface area contributed by atoms with Crippen LogP contribution in [0.1, 0.15) is 51.4 Å². The monoisotopic (exact) mass is 269 g/mol. The number of thioether (sulfide) groups is 1. The predicted molar refractivity (Wildman–Crippen MR) is 77.9 cm³/mol. The van der Waals surface area contributed by atoms with Gasteiger partial charge in [-0.1, -0.05) is 12.8 Å². The molecule has 2 N–H and O–H groups in total. The molecule has 1 spiro atoms. The third-order valence-corrected chi connectivity index (χ3v) is 6.41. The molecule has 2 nitrogen and oxygen atoms in total. The van der Waals surface area contributed by atoms with Crippen LogP contribution < -0.4 is 5.73 Å². The second-order valence-electron chi connectivity index (χ2n) is 6.52. The Balaban J connectivity index is 1.62. The van der Waals surface area contributed by atoms with Crippen molar-refractivity contribution in [2.45, 2.75) is 63.0 Å². The van der Waals surface area contributed by atoms with Crippen LogP contribution in [0, 0.1) is 11.8 Å². The van der Waals surface area contributed by atoms with Gasteiger partial charge in [-0.25, -0.2) is 0 Å². The molecule has 0 aromatic carbocycles. The molecule has 3 heteroatoms. The van der Waals surface area contributed by atoms with Gasteiger partial charge in [-0.3, -0.25) is 0 Å². The summed E-state index contributed by atoms with van der Waals surface area (Å²) in [5.74, 6) is 4.10. The smallest absolute Gasteiger partial charge is 0.0701 e. The van der Waals surface area contributed by atoms with Gasteiger partial charge in [-0.05, 0) is 61.9 Å². The van der Waals surface area contributed by atoms with E-state index in [1.54, 1.807) is 0 Å². The van der Waals surface area contributed by atoms with Crippen molar-refractivity contribution in [1.29, 1.82) is 0 Å². The van der Waals surface area contributed by atoms with Crippen molar-refractivity contribution >= 4 is 11.8 Å². The Labute approximate surface area is 115 Å². The largest absolute Gasteiger partial charge is 0.375 e. The molecule has 1 saturated carbocycles. The van der Waals surface area contributed by atoms with Gasteiger partial charge in [0.2, 0.25) is 0 Å². The Morgan fingerprint density at radius 1 is 1.06 bits per heavy atom. The summed E-state index contributed by atoms with van der Waals surface area (Å²) in [6.45, 7) is 0.954. The number of hydrogen-bond donors (Lipinski definition) is 1. The summed E-state index contributed by atoms with van der Waals surface area (Å²) in [7, 11) is 0. The van der Waals surface area contributed by atoms with E-state index in [-0.39, 0.29) is 5.60 Å². The average molecular weight is 269 g/mol. The molecule has 0 aromatic rings. The molecule has 2 atom stereocenters. The zero-order valence-corrected chi connectivity index (χ0v) is 12.2. The molecule has 2 aliphatic heterocycles. The minimum atomic E-state index is 0.213. The molecule has 104 valence electrons. The highest BCUT2D eigenvalue weighted by atomic mass is 32.2. The van der Waals surface area contributed by atoms with E-state index >= 15 is 0 Å². The highest BCUT2D eigenvalue weighted by Gasteiger charge is 2.41. The lowest BCUT2D eigenvalue weighted by Crippen LogP contribution is -2.48. The highest BCUT2D eigenvalue weighted by Crippen LogP contribution is 2.42. The van der Waals surface area contributed by atoms with Crippen LogP contribution in [-0.2, 0) is 4.74 Å². The van der Waals surface area contributed by atoms with E-state index in [1.807, 2.05) is 0 Å². The van der Waals surface area contributed by atoms with Crippen molar-refractivity contribution in [3.8, 4) is 0 Å². The molecular formula is C15H27NOS. The first kappa shape index (κ1) is 13.3. The van der Waals surface area contributed by atoms with Crippen molar-refractivity contribution in [1.82, 2.24) is 0 Å². The van der Waals surface area contributed by atoms with E-state index in [2.05, 4.69) is 11.8 Å². The van der Waals surface area contributed by atoms with E-state index in [4.69, 9.17) is 10.5 Å². The molecule has 0 aromatic heterocycles. The fourth-order valence-corrected chi connectivity index (χ4v) is 5.45. The Bertz CT molecular complexity index is 266. The topological polar surface area (TPSA) is 35.2 Å². The fraction of sp³-hybridized carbons (Fsp3) is 1.00. The maximum absolute atomic E-state index is 6.58. The first-order valence-electron chi connectivity index (χ1n) is 7.76. The van der Waals surface area contributed by atoms with Gasteiger partial charge in [-0.2, -0.15) is 11.8 Å². The van der Waals surface area contributed by atoms with E-state index in [9.17, 15) is 0 Å². The number of rotatable bonds is 2. The van der Waals surface area contributed by atoms with Gasteiger partial charge in [0, 0.05) is 12.6 Å². The van der Waals surface area contributed by atoms with Gasteiger partial charge in [0.15, 0.2) is 0 Å². The van der Waals surface area contributed by atoms with Crippen LogP contribution in [0.25, 0.3) is 0 Å². The number of ether oxygens (including phenoxy) is 1. The molecule has 3 rings (SSSR count). The minimum Gasteiger partial charge on any atom is -0.375 e. The van der Waals surface area contributed by atoms with E-state index < -0.39 is 0 Å². The van der Waals surface area contributed by atoms with Crippen molar-refractivity contribution < 1.29 is 4.74 Å². The van der Waals surface area contributed by atoms with E-state index in [1.165, 1.54) is 62.9 Å². The molecule has 2 unspecified atom stereocenters. The first-order valence-corrected chi connectivity index (χ1v) is 8.92. The van der Waals surface area contributed by atoms with Crippen LogP contribution in [0.15, 0.2) is 0 Å². The molecule has 2 heterocycles. The lowest BCUT2D eigenvalue weighted by atomic mass is 9.75. The maximum atomic E-state index is 6.58. The van der Waals surface area contributed by atoms with Crippen molar-refractivity contribution in [3.05, 3.63) is 0 Å². The predicted octanol–water partition coefficient (Wildman–Crippen LogP) is 3.20. The molecule has 1 aliphatic carbocycles. The molecule has 3 fully saturated rings. The SMILES string of the molecule is NC(C1CCCC1)C1CCOC2(CCSCC2)C1. The van der Waals surface area contributed by atoms with Crippen LogP contribution in [0.4, 0.5) is 0 Å². The summed E-state index contributed by atoms with van der Waals surface area (Å²) in [5, 5.41) is 0. The molecule has 0 amide bonds. The van der Waals surface area contributed by atoms with Crippen molar-refractivity contribution in [2.24, 2.45) is 17.6 Å². The second-order valence-corrected chi connectivity index (χ2v) is 7.74. The zero-order chi connectivity index (χ0) is 12.4. The normalized spacial score (nSPS) is 34.8. The molecule has 3 aliphatic rings. The summed E-state index contributed by atoms with van der Waals surface area (Å²) >= 11 is 2.09. The quantitative estimate of drug-likeness (QED) is 0.836. The van der Waals surface area contributed by atoms with Gasteiger partial charge < -0.3 is 10.5 Å². The summed E-state index contributed by atoms with van der Waals surface area (Å²) in [4.78, 5) is 0. The summed E-state index contributed by atoms with van der Waals surface area (Å²) in [6.07, 6.45) is 10.5. The molecule has 0 radical (unpaired) electrons. The zero-order valence-electron chi connectivity index (χ0n) is 11.4.